The number of alkyl halides is 5. The predicted molar refractivity (Wildman–Crippen MR) is 102 cm³/mol. The third-order valence-electron chi connectivity index (χ3n) is 4.15. The first kappa shape index (κ1) is 21.9. The molecule has 30 heavy (non-hydrogen) atoms. The Labute approximate surface area is 171 Å². The summed E-state index contributed by atoms with van der Waals surface area (Å²) < 4.78 is 76.4. The van der Waals surface area contributed by atoms with E-state index in [4.69, 9.17) is 9.92 Å². The first-order valence-electron chi connectivity index (χ1n) is 8.37. The van der Waals surface area contributed by atoms with Crippen molar-refractivity contribution in [3.8, 4) is 11.4 Å². The maximum atomic E-state index is 14.4. The van der Waals surface area contributed by atoms with Gasteiger partial charge in [0.2, 0.25) is 0 Å². The highest BCUT2D eigenvalue weighted by molar-refractivity contribution is 7.93. The highest BCUT2D eigenvalue weighted by Gasteiger charge is 2.33. The van der Waals surface area contributed by atoms with Gasteiger partial charge in [0.15, 0.2) is 0 Å². The molecule has 0 fully saturated rings. The average Bonchev–Trinajstić information content (AvgIpc) is 3.04. The number of amides is 1. The Balaban J connectivity index is 2.16. The van der Waals surface area contributed by atoms with Crippen LogP contribution in [0.5, 0.6) is 5.75 Å². The summed E-state index contributed by atoms with van der Waals surface area (Å²) in [6, 6.07) is 9.86. The SMILES string of the molecule is CSOCC(F)(F)c1cccc(-n2c(C(N)=O)cc3ccc(OC(F)(F)F)cc32)c1. The number of carbonyl (C=O) groups is 1. The predicted octanol–water partition coefficient (Wildman–Crippen LogP) is 5.01. The van der Waals surface area contributed by atoms with Crippen LogP contribution in [0, 0.1) is 0 Å². The lowest BCUT2D eigenvalue weighted by atomic mass is 10.1. The molecule has 0 atom stereocenters. The van der Waals surface area contributed by atoms with Gasteiger partial charge >= 0.3 is 6.36 Å². The molecule has 2 aromatic carbocycles. The van der Waals surface area contributed by atoms with Crippen LogP contribution in [-0.4, -0.2) is 29.7 Å². The van der Waals surface area contributed by atoms with Gasteiger partial charge in [-0.05, 0) is 42.4 Å². The molecular weight excluding hydrogens is 431 g/mol. The monoisotopic (exact) mass is 446 g/mol. The molecule has 0 saturated heterocycles. The molecule has 2 N–H and O–H groups in total. The van der Waals surface area contributed by atoms with E-state index >= 15 is 0 Å². The van der Waals surface area contributed by atoms with Gasteiger partial charge in [0.25, 0.3) is 11.8 Å². The number of fused-ring (bicyclic) bond motifs is 1. The van der Waals surface area contributed by atoms with Gasteiger partial charge < -0.3 is 19.2 Å². The van der Waals surface area contributed by atoms with Gasteiger partial charge in [-0.1, -0.05) is 12.1 Å². The number of aromatic nitrogens is 1. The Morgan fingerprint density at radius 1 is 1.10 bits per heavy atom. The molecule has 3 aromatic rings. The normalized spacial score (nSPS) is 12.3. The molecule has 0 spiro atoms. The summed E-state index contributed by atoms with van der Waals surface area (Å²) in [6.07, 6.45) is -3.42. The molecule has 0 unspecified atom stereocenters. The number of ether oxygens (including phenoxy) is 1. The second-order valence-corrected chi connectivity index (χ2v) is 6.75. The van der Waals surface area contributed by atoms with Crippen molar-refractivity contribution in [1.29, 1.82) is 0 Å². The van der Waals surface area contributed by atoms with Crippen LogP contribution in [0.4, 0.5) is 22.0 Å². The van der Waals surface area contributed by atoms with Gasteiger partial charge in [0.05, 0.1) is 5.52 Å². The number of primary amides is 1. The molecule has 0 aliphatic heterocycles. The lowest BCUT2D eigenvalue weighted by Crippen LogP contribution is -2.20. The lowest BCUT2D eigenvalue weighted by Gasteiger charge is -2.18. The van der Waals surface area contributed by atoms with Crippen LogP contribution in [0.1, 0.15) is 16.1 Å². The molecule has 0 aliphatic rings. The second-order valence-electron chi connectivity index (χ2n) is 6.18. The zero-order chi connectivity index (χ0) is 22.1. The number of nitrogens with zero attached hydrogens (tertiary/aromatic N) is 1. The zero-order valence-corrected chi connectivity index (χ0v) is 16.2. The van der Waals surface area contributed by atoms with Crippen LogP contribution in [0.25, 0.3) is 16.6 Å². The van der Waals surface area contributed by atoms with E-state index in [0.29, 0.717) is 5.39 Å². The van der Waals surface area contributed by atoms with Gasteiger partial charge in [0, 0.05) is 29.0 Å². The maximum absolute atomic E-state index is 14.4. The molecule has 0 radical (unpaired) electrons. The molecule has 5 nitrogen and oxygen atoms in total. The summed E-state index contributed by atoms with van der Waals surface area (Å²) in [5, 5.41) is 0.376. The minimum atomic E-state index is -4.92. The van der Waals surface area contributed by atoms with Gasteiger partial charge in [-0.25, -0.2) is 0 Å². The number of halogens is 5. The van der Waals surface area contributed by atoms with E-state index in [1.807, 2.05) is 0 Å². The van der Waals surface area contributed by atoms with E-state index in [1.165, 1.54) is 41.2 Å². The Morgan fingerprint density at radius 2 is 1.83 bits per heavy atom. The van der Waals surface area contributed by atoms with Crippen molar-refractivity contribution in [2.24, 2.45) is 5.73 Å². The smallest absolute Gasteiger partial charge is 0.406 e. The number of hydrogen-bond donors (Lipinski definition) is 1. The Hall–Kier alpha value is -2.79. The molecule has 1 heterocycles. The van der Waals surface area contributed by atoms with Gasteiger partial charge in [-0.3, -0.25) is 4.79 Å². The van der Waals surface area contributed by atoms with Gasteiger partial charge in [-0.15, -0.1) is 13.2 Å². The Morgan fingerprint density at radius 3 is 2.47 bits per heavy atom. The van der Waals surface area contributed by atoms with Crippen molar-refractivity contribution < 1.29 is 35.7 Å². The van der Waals surface area contributed by atoms with Crippen LogP contribution in [0.15, 0.2) is 48.5 Å². The molecule has 0 saturated carbocycles. The first-order valence-corrected chi connectivity index (χ1v) is 9.52. The second kappa shape index (κ2) is 8.15. The summed E-state index contributed by atoms with van der Waals surface area (Å²) in [4.78, 5) is 11.9. The highest BCUT2D eigenvalue weighted by Crippen LogP contribution is 2.34. The number of rotatable bonds is 7. The van der Waals surface area contributed by atoms with Crippen molar-refractivity contribution in [1.82, 2.24) is 4.57 Å². The third kappa shape index (κ3) is 4.68. The number of carbonyl (C=O) groups excluding carboxylic acids is 1. The van der Waals surface area contributed by atoms with E-state index in [9.17, 15) is 26.7 Å². The van der Waals surface area contributed by atoms with Crippen LogP contribution in [0.2, 0.25) is 0 Å². The Bertz CT molecular complexity index is 1080. The summed E-state index contributed by atoms with van der Waals surface area (Å²) >= 11 is 0.787. The molecule has 0 bridgehead atoms. The van der Waals surface area contributed by atoms with Crippen molar-refractivity contribution in [3.63, 3.8) is 0 Å². The summed E-state index contributed by atoms with van der Waals surface area (Å²) in [5.74, 6) is -4.74. The summed E-state index contributed by atoms with van der Waals surface area (Å²) in [6.45, 7) is -0.879. The fourth-order valence-corrected chi connectivity index (χ4v) is 3.19. The van der Waals surface area contributed by atoms with E-state index in [-0.39, 0.29) is 16.9 Å². The molecule has 160 valence electrons. The summed E-state index contributed by atoms with van der Waals surface area (Å²) in [5.41, 5.74) is 5.17. The molecule has 1 aromatic heterocycles. The standard InChI is InChI=1S/C19H15F5N2O3S/c1-30-28-10-18(20,21)12-3-2-4-13(8-12)26-15-9-14(29-19(22,23)24)6-5-11(15)7-16(26)17(25)27/h2-9H,10H2,1H3,(H2,25,27). The minimum absolute atomic E-state index is 0.0880. The van der Waals surface area contributed by atoms with Crippen LogP contribution < -0.4 is 10.5 Å². The first-order chi connectivity index (χ1) is 14.0. The average molecular weight is 446 g/mol. The molecule has 1 amide bonds. The van der Waals surface area contributed by atoms with E-state index < -0.39 is 36.1 Å². The third-order valence-corrected chi connectivity index (χ3v) is 4.50. The fraction of sp³-hybridized carbons (Fsp3) is 0.211. The number of nitrogens with two attached hydrogens (primary N) is 1. The summed E-state index contributed by atoms with van der Waals surface area (Å²) in [7, 11) is 0. The van der Waals surface area contributed by atoms with Crippen molar-refractivity contribution >= 4 is 28.9 Å². The largest absolute Gasteiger partial charge is 0.573 e. The molecular formula is C19H15F5N2O3S. The van der Waals surface area contributed by atoms with E-state index in [2.05, 4.69) is 4.74 Å². The Kier molecular flexibility index (Phi) is 5.95. The molecule has 0 aliphatic carbocycles. The van der Waals surface area contributed by atoms with E-state index in [1.54, 1.807) is 0 Å². The van der Waals surface area contributed by atoms with E-state index in [0.717, 1.165) is 30.2 Å². The minimum Gasteiger partial charge on any atom is -0.406 e. The quantitative estimate of drug-likeness (QED) is 0.409. The number of hydrogen-bond acceptors (Lipinski definition) is 4. The molecule has 3 rings (SSSR count). The highest BCUT2D eigenvalue weighted by atomic mass is 32.2. The molecule has 11 heteroatoms. The topological polar surface area (TPSA) is 66.5 Å². The number of benzene rings is 2. The fourth-order valence-electron chi connectivity index (χ4n) is 2.93. The van der Waals surface area contributed by atoms with Crippen LogP contribution in [0.3, 0.4) is 0 Å². The van der Waals surface area contributed by atoms with Crippen molar-refractivity contribution in [2.75, 3.05) is 12.9 Å². The zero-order valence-electron chi connectivity index (χ0n) is 15.4. The van der Waals surface area contributed by atoms with Crippen molar-refractivity contribution in [3.05, 3.63) is 59.8 Å². The maximum Gasteiger partial charge on any atom is 0.573 e. The van der Waals surface area contributed by atoms with Gasteiger partial charge in [-0.2, -0.15) is 8.78 Å². The van der Waals surface area contributed by atoms with Crippen LogP contribution in [-0.2, 0) is 10.1 Å². The van der Waals surface area contributed by atoms with Crippen LogP contribution >= 0.6 is 12.0 Å². The van der Waals surface area contributed by atoms with Crippen molar-refractivity contribution in [2.45, 2.75) is 12.3 Å². The lowest BCUT2D eigenvalue weighted by molar-refractivity contribution is -0.274. The van der Waals surface area contributed by atoms with Gasteiger partial charge in [0.1, 0.15) is 18.1 Å².